The Bertz CT molecular complexity index is 1050. The van der Waals surface area contributed by atoms with Crippen LogP contribution in [0.25, 0.3) is 10.8 Å². The van der Waals surface area contributed by atoms with Gasteiger partial charge < -0.3 is 5.32 Å². The number of hydrogen-bond acceptors (Lipinski definition) is 3. The van der Waals surface area contributed by atoms with Crippen LogP contribution >= 0.6 is 0 Å². The van der Waals surface area contributed by atoms with Crippen LogP contribution in [0.15, 0.2) is 53.3 Å². The van der Waals surface area contributed by atoms with Crippen LogP contribution in [0.3, 0.4) is 0 Å². The second-order valence-corrected chi connectivity index (χ2v) is 6.84. The van der Waals surface area contributed by atoms with Gasteiger partial charge in [-0.1, -0.05) is 43.2 Å². The lowest BCUT2D eigenvalue weighted by Crippen LogP contribution is -2.30. The van der Waals surface area contributed by atoms with E-state index in [1.807, 2.05) is 18.2 Å². The molecule has 1 aliphatic rings. The van der Waals surface area contributed by atoms with Crippen LogP contribution < -0.4 is 10.9 Å². The maximum Gasteiger partial charge on any atom is 0.274 e. The van der Waals surface area contributed by atoms with Gasteiger partial charge in [-0.3, -0.25) is 9.59 Å². The second kappa shape index (κ2) is 7.31. The molecule has 1 N–H and O–H groups in total. The highest BCUT2D eigenvalue weighted by Gasteiger charge is 2.21. The lowest BCUT2D eigenvalue weighted by atomic mass is 10.1. The highest BCUT2D eigenvalue weighted by Crippen LogP contribution is 2.28. The molecule has 3 aromatic rings. The Hall–Kier alpha value is -3.02. The van der Waals surface area contributed by atoms with Crippen molar-refractivity contribution in [2.45, 2.75) is 38.3 Å². The molecule has 2 aromatic carbocycles. The van der Waals surface area contributed by atoms with Crippen molar-refractivity contribution in [3.05, 3.63) is 76.0 Å². The molecular weight excluding hydrogens is 345 g/mol. The van der Waals surface area contributed by atoms with Gasteiger partial charge >= 0.3 is 0 Å². The van der Waals surface area contributed by atoms with Crippen molar-refractivity contribution in [1.29, 1.82) is 0 Å². The van der Waals surface area contributed by atoms with Gasteiger partial charge in [-0.2, -0.15) is 5.10 Å². The maximum absolute atomic E-state index is 13.8. The summed E-state index contributed by atoms with van der Waals surface area (Å²) in [5.41, 5.74) is 0.509. The van der Waals surface area contributed by atoms with Crippen LogP contribution in [0.4, 0.5) is 4.39 Å². The lowest BCUT2D eigenvalue weighted by Gasteiger charge is -2.16. The number of nitrogens with one attached hydrogen (secondary N) is 1. The SMILES string of the molecule is O=C(NCc1nn(C2CCCC2)c(=O)c2ccccc12)c1ccccc1F. The monoisotopic (exact) mass is 365 g/mol. The predicted molar refractivity (Wildman–Crippen MR) is 101 cm³/mol. The van der Waals surface area contributed by atoms with Crippen molar-refractivity contribution in [2.75, 3.05) is 0 Å². The molecule has 1 fully saturated rings. The van der Waals surface area contributed by atoms with Gasteiger partial charge in [-0.15, -0.1) is 0 Å². The normalized spacial score (nSPS) is 14.6. The van der Waals surface area contributed by atoms with Crippen molar-refractivity contribution >= 4 is 16.7 Å². The average Bonchev–Trinajstić information content (AvgIpc) is 3.22. The Morgan fingerprint density at radius 1 is 1.07 bits per heavy atom. The van der Waals surface area contributed by atoms with E-state index >= 15 is 0 Å². The summed E-state index contributed by atoms with van der Waals surface area (Å²) in [6.07, 6.45) is 4.05. The highest BCUT2D eigenvalue weighted by atomic mass is 19.1. The minimum Gasteiger partial charge on any atom is -0.346 e. The maximum atomic E-state index is 13.8. The third-order valence-corrected chi connectivity index (χ3v) is 5.11. The fourth-order valence-corrected chi connectivity index (χ4v) is 3.71. The molecule has 0 spiro atoms. The van der Waals surface area contributed by atoms with Crippen LogP contribution in [0.1, 0.15) is 47.8 Å². The molecule has 27 heavy (non-hydrogen) atoms. The van der Waals surface area contributed by atoms with Gasteiger partial charge in [0.25, 0.3) is 11.5 Å². The van der Waals surface area contributed by atoms with Crippen molar-refractivity contribution in [1.82, 2.24) is 15.1 Å². The number of rotatable bonds is 4. The number of benzene rings is 2. The standard InChI is InChI=1S/C21H20FN3O2/c22-18-12-6-5-11-17(18)20(26)23-13-19-15-9-3-4-10-16(15)21(27)25(24-19)14-7-1-2-8-14/h3-6,9-12,14H,1-2,7-8,13H2,(H,23,26). The highest BCUT2D eigenvalue weighted by molar-refractivity contribution is 5.94. The molecule has 0 bridgehead atoms. The largest absolute Gasteiger partial charge is 0.346 e. The number of fused-ring (bicyclic) bond motifs is 1. The molecule has 0 unspecified atom stereocenters. The van der Waals surface area contributed by atoms with Gasteiger partial charge in [0.2, 0.25) is 0 Å². The van der Waals surface area contributed by atoms with Gasteiger partial charge in [-0.05, 0) is 31.0 Å². The van der Waals surface area contributed by atoms with E-state index in [1.165, 1.54) is 12.1 Å². The summed E-state index contributed by atoms with van der Waals surface area (Å²) in [6, 6.07) is 13.2. The van der Waals surface area contributed by atoms with Crippen LogP contribution in [0.5, 0.6) is 0 Å². The van der Waals surface area contributed by atoms with Gasteiger partial charge in [0.05, 0.1) is 29.2 Å². The zero-order valence-electron chi connectivity index (χ0n) is 14.8. The van der Waals surface area contributed by atoms with E-state index in [9.17, 15) is 14.0 Å². The first-order valence-corrected chi connectivity index (χ1v) is 9.18. The molecule has 0 aliphatic heterocycles. The molecule has 0 atom stereocenters. The molecule has 4 rings (SSSR count). The Labute approximate surface area is 155 Å². The van der Waals surface area contributed by atoms with Crippen LogP contribution in [0, 0.1) is 5.82 Å². The van der Waals surface area contributed by atoms with Crippen molar-refractivity contribution < 1.29 is 9.18 Å². The smallest absolute Gasteiger partial charge is 0.274 e. The number of carbonyl (C=O) groups excluding carboxylic acids is 1. The summed E-state index contributed by atoms with van der Waals surface area (Å²) < 4.78 is 15.4. The summed E-state index contributed by atoms with van der Waals surface area (Å²) in [5.74, 6) is -1.07. The Morgan fingerprint density at radius 3 is 2.48 bits per heavy atom. The molecule has 138 valence electrons. The summed E-state index contributed by atoms with van der Waals surface area (Å²) in [5, 5.41) is 8.60. The molecule has 1 aliphatic carbocycles. The fraction of sp³-hybridized carbons (Fsp3) is 0.286. The molecule has 1 heterocycles. The van der Waals surface area contributed by atoms with E-state index in [0.29, 0.717) is 16.5 Å². The second-order valence-electron chi connectivity index (χ2n) is 6.84. The van der Waals surface area contributed by atoms with E-state index in [2.05, 4.69) is 10.4 Å². The van der Waals surface area contributed by atoms with Gasteiger partial charge in [-0.25, -0.2) is 9.07 Å². The predicted octanol–water partition coefficient (Wildman–Crippen LogP) is 3.58. The molecule has 5 nitrogen and oxygen atoms in total. The first-order chi connectivity index (χ1) is 13.1. The third kappa shape index (κ3) is 3.35. The van der Waals surface area contributed by atoms with Gasteiger partial charge in [0.15, 0.2) is 0 Å². The molecule has 1 amide bonds. The third-order valence-electron chi connectivity index (χ3n) is 5.11. The summed E-state index contributed by atoms with van der Waals surface area (Å²) >= 11 is 0. The van der Waals surface area contributed by atoms with Gasteiger partial charge in [0.1, 0.15) is 5.82 Å². The zero-order valence-corrected chi connectivity index (χ0v) is 14.8. The number of hydrogen-bond donors (Lipinski definition) is 1. The molecule has 0 radical (unpaired) electrons. The van der Waals surface area contributed by atoms with Crippen molar-refractivity contribution in [3.63, 3.8) is 0 Å². The van der Waals surface area contributed by atoms with Crippen molar-refractivity contribution in [3.8, 4) is 0 Å². The first kappa shape index (κ1) is 17.4. The molecular formula is C21H20FN3O2. The average molecular weight is 365 g/mol. The molecule has 1 saturated carbocycles. The minimum absolute atomic E-state index is 0.00841. The number of amides is 1. The van der Waals surface area contributed by atoms with Crippen molar-refractivity contribution in [2.24, 2.45) is 0 Å². The lowest BCUT2D eigenvalue weighted by molar-refractivity contribution is 0.0946. The van der Waals surface area contributed by atoms with Crippen LogP contribution in [-0.2, 0) is 6.54 Å². The molecule has 1 aromatic heterocycles. The number of halogens is 1. The first-order valence-electron chi connectivity index (χ1n) is 9.18. The summed E-state index contributed by atoms with van der Waals surface area (Å²) in [6.45, 7) is 0.126. The van der Waals surface area contributed by atoms with E-state index in [1.54, 1.807) is 22.9 Å². The summed E-state index contributed by atoms with van der Waals surface area (Å²) in [4.78, 5) is 25.2. The van der Waals surface area contributed by atoms with Gasteiger partial charge in [0, 0.05) is 5.39 Å². The van der Waals surface area contributed by atoms with E-state index < -0.39 is 11.7 Å². The quantitative estimate of drug-likeness (QED) is 0.769. The summed E-state index contributed by atoms with van der Waals surface area (Å²) in [7, 11) is 0. The number of carbonyl (C=O) groups is 1. The molecule has 0 saturated heterocycles. The molecule has 6 heteroatoms. The fourth-order valence-electron chi connectivity index (χ4n) is 3.71. The topological polar surface area (TPSA) is 64.0 Å². The zero-order chi connectivity index (χ0) is 18.8. The Kier molecular flexibility index (Phi) is 4.71. The number of nitrogens with zero attached hydrogens (tertiary/aromatic N) is 2. The Morgan fingerprint density at radius 2 is 1.74 bits per heavy atom. The van der Waals surface area contributed by atoms with E-state index in [0.717, 1.165) is 25.7 Å². The van der Waals surface area contributed by atoms with Crippen LogP contribution in [-0.4, -0.2) is 15.7 Å². The van der Waals surface area contributed by atoms with E-state index in [4.69, 9.17) is 0 Å². The Balaban J connectivity index is 1.68. The number of aromatic nitrogens is 2. The van der Waals surface area contributed by atoms with Crippen LogP contribution in [0.2, 0.25) is 0 Å². The van der Waals surface area contributed by atoms with E-state index in [-0.39, 0.29) is 23.7 Å². The minimum atomic E-state index is -0.566.